The van der Waals surface area contributed by atoms with Gasteiger partial charge in [0, 0.05) is 0 Å². The second kappa shape index (κ2) is 8.27. The number of fused-ring (bicyclic) bond motifs is 2. The second-order valence-corrected chi connectivity index (χ2v) is 10.9. The van der Waals surface area contributed by atoms with Crippen LogP contribution in [0.3, 0.4) is 0 Å². The number of carboxylic acids is 1. The van der Waals surface area contributed by atoms with Gasteiger partial charge in [-0.05, 0) is 43.9 Å². The Morgan fingerprint density at radius 3 is 2.45 bits per heavy atom. The van der Waals surface area contributed by atoms with Crippen LogP contribution in [0.15, 0.2) is 4.99 Å². The third kappa shape index (κ3) is 4.00. The maximum Gasteiger partial charge on any atom is 0.335 e. The number of thioether (sulfide) groups is 1. The number of aliphatic carboxylic acids is 1. The smallest absolute Gasteiger partial charge is 0.335 e. The van der Waals surface area contributed by atoms with Crippen LogP contribution in [0.25, 0.3) is 0 Å². The summed E-state index contributed by atoms with van der Waals surface area (Å²) in [6.45, 7) is 5.96. The maximum atomic E-state index is 12.4. The number of carboxylic acid groups (broad SMARTS) is 1. The fourth-order valence-corrected chi connectivity index (χ4v) is 6.05. The molecule has 2 aliphatic heterocycles. The average molecular weight is 459 g/mol. The molecule has 0 unspecified atom stereocenters. The summed E-state index contributed by atoms with van der Waals surface area (Å²) >= 11 is 1.47. The molecule has 2 saturated heterocycles. The molecule has 2 heterocycles. The third-order valence-corrected chi connectivity index (χ3v) is 8.72. The largest absolute Gasteiger partial charge is 0.479 e. The lowest BCUT2D eigenvalue weighted by atomic mass is 9.93. The molecule has 4 fully saturated rings. The Labute approximate surface area is 184 Å². The molecule has 0 spiro atoms. The summed E-state index contributed by atoms with van der Waals surface area (Å²) in [5, 5.41) is 42.7. The lowest BCUT2D eigenvalue weighted by Gasteiger charge is -2.40. The van der Waals surface area contributed by atoms with Crippen molar-refractivity contribution in [3.05, 3.63) is 0 Å². The van der Waals surface area contributed by atoms with Gasteiger partial charge in [-0.15, -0.1) is 0 Å². The van der Waals surface area contributed by atoms with Gasteiger partial charge in [0.2, 0.25) is 5.91 Å². The van der Waals surface area contributed by atoms with E-state index in [0.717, 1.165) is 12.8 Å². The van der Waals surface area contributed by atoms with Crippen molar-refractivity contribution in [2.45, 2.75) is 87.6 Å². The van der Waals surface area contributed by atoms with E-state index in [0.29, 0.717) is 11.6 Å². The molecule has 10 atom stereocenters. The minimum absolute atomic E-state index is 0.0206. The van der Waals surface area contributed by atoms with Gasteiger partial charge in [0.15, 0.2) is 17.6 Å². The van der Waals surface area contributed by atoms with Crippen LogP contribution in [0.1, 0.15) is 40.0 Å². The van der Waals surface area contributed by atoms with Crippen molar-refractivity contribution in [3.63, 3.8) is 0 Å². The van der Waals surface area contributed by atoms with Gasteiger partial charge in [-0.25, -0.2) is 4.79 Å². The van der Waals surface area contributed by atoms with Crippen molar-refractivity contribution in [1.82, 2.24) is 5.32 Å². The first-order chi connectivity index (χ1) is 14.5. The molecule has 0 aromatic carbocycles. The highest BCUT2D eigenvalue weighted by atomic mass is 32.2. The van der Waals surface area contributed by atoms with Crippen LogP contribution in [-0.2, 0) is 19.1 Å². The molecule has 11 heteroatoms. The van der Waals surface area contributed by atoms with E-state index in [9.17, 15) is 30.0 Å². The van der Waals surface area contributed by atoms with E-state index < -0.39 is 41.4 Å². The normalized spacial score (nSPS) is 48.5. The summed E-state index contributed by atoms with van der Waals surface area (Å²) in [6.07, 6.45) is -5.91. The number of nitrogens with one attached hydrogen (secondary N) is 1. The van der Waals surface area contributed by atoms with Crippen LogP contribution in [-0.4, -0.2) is 85.1 Å². The van der Waals surface area contributed by atoms with Crippen LogP contribution in [0.2, 0.25) is 0 Å². The Hall–Kier alpha value is -1.24. The Kier molecular flexibility index (Phi) is 6.12. The number of amidine groups is 1. The lowest BCUT2D eigenvalue weighted by Crippen LogP contribution is -2.61. The molecule has 5 N–H and O–H groups in total. The van der Waals surface area contributed by atoms with Gasteiger partial charge >= 0.3 is 5.97 Å². The minimum Gasteiger partial charge on any atom is -0.479 e. The Morgan fingerprint density at radius 1 is 1.19 bits per heavy atom. The Balaban J connectivity index is 1.37. The molecule has 174 valence electrons. The van der Waals surface area contributed by atoms with Gasteiger partial charge in [0.1, 0.15) is 23.1 Å². The SMILES string of the molecule is CC(C)[C@]1(C)SC(=N[C@H]2C[C@H]3C[C@@H]2C[C@H]3O[C@@H]2O[C@H](C(=O)O)[C@@H](O)[C@H](O)[C@H]2O)NC1=O. The van der Waals surface area contributed by atoms with Crippen molar-refractivity contribution in [2.24, 2.45) is 22.7 Å². The number of ether oxygens (including phenoxy) is 2. The molecule has 10 nitrogen and oxygen atoms in total. The van der Waals surface area contributed by atoms with Crippen LogP contribution < -0.4 is 5.32 Å². The zero-order valence-electron chi connectivity index (χ0n) is 17.7. The monoisotopic (exact) mass is 458 g/mol. The van der Waals surface area contributed by atoms with E-state index in [1.807, 2.05) is 20.8 Å². The molecule has 31 heavy (non-hydrogen) atoms. The number of rotatable bonds is 5. The first-order valence-electron chi connectivity index (χ1n) is 10.7. The second-order valence-electron chi connectivity index (χ2n) is 9.46. The number of nitrogens with zero attached hydrogens (tertiary/aromatic N) is 1. The number of amides is 1. The van der Waals surface area contributed by atoms with Crippen molar-refractivity contribution in [2.75, 3.05) is 0 Å². The molecule has 2 aliphatic carbocycles. The van der Waals surface area contributed by atoms with Gasteiger partial charge in [-0.3, -0.25) is 9.79 Å². The van der Waals surface area contributed by atoms with E-state index >= 15 is 0 Å². The molecule has 0 aromatic rings. The molecule has 0 radical (unpaired) electrons. The number of carbonyl (C=O) groups excluding carboxylic acids is 1. The van der Waals surface area contributed by atoms with Gasteiger partial charge in [0.05, 0.1) is 12.1 Å². The number of aliphatic hydroxyl groups is 3. The highest BCUT2D eigenvalue weighted by Crippen LogP contribution is 2.49. The van der Waals surface area contributed by atoms with Crippen LogP contribution in [0, 0.1) is 17.8 Å². The van der Waals surface area contributed by atoms with E-state index in [-0.39, 0.29) is 35.8 Å². The summed E-state index contributed by atoms with van der Waals surface area (Å²) in [4.78, 5) is 28.4. The van der Waals surface area contributed by atoms with Gasteiger partial charge in [-0.1, -0.05) is 25.6 Å². The highest BCUT2D eigenvalue weighted by Gasteiger charge is 2.52. The summed E-state index contributed by atoms with van der Waals surface area (Å²) in [5.74, 6) is -0.875. The summed E-state index contributed by atoms with van der Waals surface area (Å²) < 4.78 is 10.6. The molecule has 2 saturated carbocycles. The van der Waals surface area contributed by atoms with Crippen molar-refractivity contribution < 1.29 is 39.5 Å². The average Bonchev–Trinajstić information content (AvgIpc) is 3.35. The third-order valence-electron chi connectivity index (χ3n) is 7.24. The number of aliphatic imine (C=N–C) groups is 1. The Morgan fingerprint density at radius 2 is 1.90 bits per heavy atom. The van der Waals surface area contributed by atoms with Crippen molar-refractivity contribution in [1.29, 1.82) is 0 Å². The van der Waals surface area contributed by atoms with Gasteiger partial charge < -0.3 is 35.2 Å². The fourth-order valence-electron chi connectivity index (χ4n) is 4.94. The zero-order valence-corrected chi connectivity index (χ0v) is 18.5. The quantitative estimate of drug-likeness (QED) is 0.373. The molecule has 0 aromatic heterocycles. The van der Waals surface area contributed by atoms with Crippen LogP contribution in [0.5, 0.6) is 0 Å². The lowest BCUT2D eigenvalue weighted by molar-refractivity contribution is -0.307. The summed E-state index contributed by atoms with van der Waals surface area (Å²) in [6, 6.07) is 0.0681. The summed E-state index contributed by atoms with van der Waals surface area (Å²) in [7, 11) is 0. The highest BCUT2D eigenvalue weighted by molar-refractivity contribution is 8.16. The van der Waals surface area contributed by atoms with Crippen LogP contribution in [0.4, 0.5) is 0 Å². The number of hydrogen-bond acceptors (Lipinski definition) is 9. The molecule has 4 aliphatic rings. The standard InChI is InChI=1S/C20H30N2O8S/c1-7(2)20(3)18(28)22-19(31-20)21-10-5-9-4-8(10)6-11(9)29-17-14(25)12(23)13(24)15(30-17)16(26)27/h7-15,17,23-25H,4-6H2,1-3H3,(H,26,27)(H,21,22,28)/t8-,9-,10+,11-,12+,13+,14-,15+,17-,20+/m1/s1. The van der Waals surface area contributed by atoms with E-state index in [1.54, 1.807) is 0 Å². The van der Waals surface area contributed by atoms with Crippen LogP contribution >= 0.6 is 11.8 Å². The molecular formula is C20H30N2O8S. The molecule has 2 bridgehead atoms. The molecule has 1 amide bonds. The predicted molar refractivity (Wildman–Crippen MR) is 110 cm³/mol. The number of hydrogen-bond donors (Lipinski definition) is 5. The summed E-state index contributed by atoms with van der Waals surface area (Å²) in [5.41, 5.74) is 0. The maximum absolute atomic E-state index is 12.4. The Bertz CT molecular complexity index is 778. The fraction of sp³-hybridized carbons (Fsp3) is 0.850. The van der Waals surface area contributed by atoms with Gasteiger partial charge in [-0.2, -0.15) is 0 Å². The predicted octanol–water partition coefficient (Wildman–Crippen LogP) is -0.304. The van der Waals surface area contributed by atoms with Crippen molar-refractivity contribution >= 4 is 28.8 Å². The topological polar surface area (TPSA) is 158 Å². The zero-order chi connectivity index (χ0) is 22.7. The molecule has 4 rings (SSSR count). The minimum atomic E-state index is -1.73. The van der Waals surface area contributed by atoms with Crippen molar-refractivity contribution in [3.8, 4) is 0 Å². The van der Waals surface area contributed by atoms with E-state index in [2.05, 4.69) is 5.32 Å². The number of carbonyl (C=O) groups is 2. The molecular weight excluding hydrogens is 428 g/mol. The first-order valence-corrected chi connectivity index (χ1v) is 11.5. The number of aliphatic hydroxyl groups excluding tert-OH is 3. The first kappa shape index (κ1) is 22.9. The van der Waals surface area contributed by atoms with Gasteiger partial charge in [0.25, 0.3) is 0 Å². The van der Waals surface area contributed by atoms with E-state index in [4.69, 9.17) is 14.5 Å². The van der Waals surface area contributed by atoms with E-state index in [1.165, 1.54) is 11.8 Å².